The Morgan fingerprint density at radius 2 is 2.07 bits per heavy atom. The number of carbonyl (C=O) groups is 1. The van der Waals surface area contributed by atoms with Crippen LogP contribution in [-0.2, 0) is 0 Å². The van der Waals surface area contributed by atoms with Gasteiger partial charge in [0.15, 0.2) is 0 Å². The van der Waals surface area contributed by atoms with Crippen LogP contribution in [0, 0.1) is 23.1 Å². The van der Waals surface area contributed by atoms with Gasteiger partial charge >= 0.3 is 0 Å². The van der Waals surface area contributed by atoms with Crippen LogP contribution < -0.4 is 10.1 Å². The van der Waals surface area contributed by atoms with Crippen LogP contribution in [-0.4, -0.2) is 43.6 Å². The zero-order valence-corrected chi connectivity index (χ0v) is 14.8. The summed E-state index contributed by atoms with van der Waals surface area (Å²) >= 11 is 0. The van der Waals surface area contributed by atoms with Crippen molar-refractivity contribution >= 4 is 5.91 Å². The molecule has 2 aromatic carbocycles. The van der Waals surface area contributed by atoms with Gasteiger partial charge in [-0.2, -0.15) is 5.26 Å². The first-order chi connectivity index (χ1) is 13.1. The van der Waals surface area contributed by atoms with E-state index in [1.54, 1.807) is 6.07 Å². The maximum atomic E-state index is 12.9. The number of nitrogens with zero attached hydrogens (tertiary/aromatic N) is 2. The first-order valence-electron chi connectivity index (χ1n) is 9.07. The molecule has 0 bridgehead atoms. The zero-order chi connectivity index (χ0) is 18.8. The van der Waals surface area contributed by atoms with E-state index in [0.29, 0.717) is 36.1 Å². The molecule has 4 rings (SSSR count). The van der Waals surface area contributed by atoms with Crippen molar-refractivity contribution in [3.05, 3.63) is 65.0 Å². The van der Waals surface area contributed by atoms with E-state index in [1.165, 1.54) is 24.3 Å². The fraction of sp³-hybridized carbons (Fsp3) is 0.333. The largest absolute Gasteiger partial charge is 0.493 e. The monoisotopic (exact) mass is 365 g/mol. The molecule has 138 valence electrons. The molecule has 1 fully saturated rings. The molecule has 2 atom stereocenters. The number of halogens is 1. The van der Waals surface area contributed by atoms with Crippen LogP contribution in [0.25, 0.3) is 0 Å². The van der Waals surface area contributed by atoms with Gasteiger partial charge in [0.25, 0.3) is 5.91 Å². The van der Waals surface area contributed by atoms with Crippen molar-refractivity contribution < 1.29 is 13.9 Å². The van der Waals surface area contributed by atoms with Crippen molar-refractivity contribution in [2.45, 2.75) is 5.92 Å². The van der Waals surface area contributed by atoms with Crippen molar-refractivity contribution in [2.24, 2.45) is 5.92 Å². The highest BCUT2D eigenvalue weighted by molar-refractivity contribution is 5.94. The van der Waals surface area contributed by atoms with Gasteiger partial charge in [-0.25, -0.2) is 4.39 Å². The normalized spacial score (nSPS) is 20.9. The van der Waals surface area contributed by atoms with Crippen molar-refractivity contribution in [1.82, 2.24) is 10.2 Å². The molecular formula is C21H20FN3O2. The summed E-state index contributed by atoms with van der Waals surface area (Å²) in [4.78, 5) is 14.4. The van der Waals surface area contributed by atoms with E-state index in [9.17, 15) is 9.18 Å². The molecule has 27 heavy (non-hydrogen) atoms. The number of fused-ring (bicyclic) bond motifs is 3. The number of nitrogens with one attached hydrogen (secondary N) is 1. The van der Waals surface area contributed by atoms with E-state index < -0.39 is 0 Å². The Labute approximate surface area is 157 Å². The average Bonchev–Trinajstić information content (AvgIpc) is 3.11. The SMILES string of the molecule is N#Cc1ccc2c(c1)[C@H]1CN(CCNC(=O)c3ccc(F)cc3)C[C@@H]1CO2. The lowest BCUT2D eigenvalue weighted by Crippen LogP contribution is -2.34. The lowest BCUT2D eigenvalue weighted by atomic mass is 9.86. The predicted octanol–water partition coefficient (Wildman–Crippen LogP) is 2.54. The van der Waals surface area contributed by atoms with Crippen LogP contribution in [0.5, 0.6) is 5.75 Å². The Kier molecular flexibility index (Phi) is 4.78. The highest BCUT2D eigenvalue weighted by Gasteiger charge is 2.38. The van der Waals surface area contributed by atoms with E-state index >= 15 is 0 Å². The molecule has 0 radical (unpaired) electrons. The van der Waals surface area contributed by atoms with Crippen molar-refractivity contribution in [1.29, 1.82) is 5.26 Å². The third-order valence-corrected chi connectivity index (χ3v) is 5.33. The standard InChI is InChI=1S/C21H20FN3O2/c22-17-4-2-15(3-5-17)21(26)24-7-8-25-11-16-13-27-20-6-1-14(10-23)9-18(20)19(16)12-25/h1-6,9,16,19H,7-8,11-13H2,(H,24,26)/t16-,19+/m1/s1. The smallest absolute Gasteiger partial charge is 0.251 e. The maximum absolute atomic E-state index is 12.9. The summed E-state index contributed by atoms with van der Waals surface area (Å²) in [6.45, 7) is 3.76. The van der Waals surface area contributed by atoms with Gasteiger partial charge in [-0.1, -0.05) is 0 Å². The molecule has 1 amide bonds. The first kappa shape index (κ1) is 17.5. The lowest BCUT2D eigenvalue weighted by Gasteiger charge is -2.27. The number of benzene rings is 2. The summed E-state index contributed by atoms with van der Waals surface area (Å²) in [5.41, 5.74) is 2.23. The van der Waals surface area contributed by atoms with Crippen molar-refractivity contribution in [3.8, 4) is 11.8 Å². The molecule has 2 heterocycles. The van der Waals surface area contributed by atoms with Gasteiger partial charge in [0, 0.05) is 49.1 Å². The van der Waals surface area contributed by atoms with Crippen LogP contribution in [0.1, 0.15) is 27.4 Å². The molecule has 2 aromatic rings. The Morgan fingerprint density at radius 1 is 1.26 bits per heavy atom. The van der Waals surface area contributed by atoms with Gasteiger partial charge in [0.2, 0.25) is 0 Å². The van der Waals surface area contributed by atoms with E-state index in [-0.39, 0.29) is 11.7 Å². The Morgan fingerprint density at radius 3 is 2.85 bits per heavy atom. The van der Waals surface area contributed by atoms with Crippen LogP contribution in [0.15, 0.2) is 42.5 Å². The van der Waals surface area contributed by atoms with Crippen LogP contribution in [0.4, 0.5) is 4.39 Å². The van der Waals surface area contributed by atoms with Crippen LogP contribution in [0.3, 0.4) is 0 Å². The summed E-state index contributed by atoms with van der Waals surface area (Å²) in [7, 11) is 0. The Balaban J connectivity index is 1.34. The van der Waals surface area contributed by atoms with Gasteiger partial charge in [0.1, 0.15) is 11.6 Å². The topological polar surface area (TPSA) is 65.4 Å². The molecule has 2 aliphatic heterocycles. The van der Waals surface area contributed by atoms with Gasteiger partial charge in [-0.15, -0.1) is 0 Å². The minimum Gasteiger partial charge on any atom is -0.493 e. The number of likely N-dealkylation sites (tertiary alicyclic amines) is 1. The molecule has 5 nitrogen and oxygen atoms in total. The molecule has 0 saturated carbocycles. The molecule has 2 aliphatic rings. The number of hydrogen-bond donors (Lipinski definition) is 1. The predicted molar refractivity (Wildman–Crippen MR) is 98.1 cm³/mol. The lowest BCUT2D eigenvalue weighted by molar-refractivity contribution is 0.0949. The molecule has 1 saturated heterocycles. The molecule has 0 unspecified atom stereocenters. The number of hydrogen-bond acceptors (Lipinski definition) is 4. The van der Waals surface area contributed by atoms with Crippen LogP contribution >= 0.6 is 0 Å². The second-order valence-corrected chi connectivity index (χ2v) is 7.06. The fourth-order valence-electron chi connectivity index (χ4n) is 3.93. The number of rotatable bonds is 4. The highest BCUT2D eigenvalue weighted by Crippen LogP contribution is 2.41. The van der Waals surface area contributed by atoms with E-state index in [2.05, 4.69) is 16.3 Å². The molecule has 0 spiro atoms. The highest BCUT2D eigenvalue weighted by atomic mass is 19.1. The van der Waals surface area contributed by atoms with Gasteiger partial charge in [0.05, 0.1) is 18.2 Å². The summed E-state index contributed by atoms with van der Waals surface area (Å²) in [6.07, 6.45) is 0. The zero-order valence-electron chi connectivity index (χ0n) is 14.8. The number of carbonyl (C=O) groups excluding carboxylic acids is 1. The molecule has 0 aliphatic carbocycles. The van der Waals surface area contributed by atoms with Gasteiger partial charge < -0.3 is 15.0 Å². The van der Waals surface area contributed by atoms with Gasteiger partial charge in [-0.05, 0) is 42.5 Å². The fourth-order valence-corrected chi connectivity index (χ4v) is 3.93. The molecule has 1 N–H and O–H groups in total. The summed E-state index contributed by atoms with van der Waals surface area (Å²) in [5.74, 6) is 1.09. The summed E-state index contributed by atoms with van der Waals surface area (Å²) in [5, 5.41) is 12.0. The molecule has 6 heteroatoms. The number of ether oxygens (including phenoxy) is 1. The second kappa shape index (κ2) is 7.37. The van der Waals surface area contributed by atoms with Gasteiger partial charge in [-0.3, -0.25) is 4.79 Å². The van der Waals surface area contributed by atoms with Crippen molar-refractivity contribution in [2.75, 3.05) is 32.8 Å². The minimum atomic E-state index is -0.353. The summed E-state index contributed by atoms with van der Waals surface area (Å²) in [6, 6.07) is 13.3. The van der Waals surface area contributed by atoms with Crippen molar-refractivity contribution in [3.63, 3.8) is 0 Å². The summed E-state index contributed by atoms with van der Waals surface area (Å²) < 4.78 is 18.8. The number of nitriles is 1. The van der Waals surface area contributed by atoms with E-state index in [1.807, 2.05) is 12.1 Å². The quantitative estimate of drug-likeness (QED) is 0.904. The molecule has 0 aromatic heterocycles. The third kappa shape index (κ3) is 3.64. The van der Waals surface area contributed by atoms with E-state index in [4.69, 9.17) is 10.00 Å². The Bertz CT molecular complexity index is 891. The average molecular weight is 365 g/mol. The Hall–Kier alpha value is -2.91. The van der Waals surface area contributed by atoms with Crippen LogP contribution in [0.2, 0.25) is 0 Å². The number of amides is 1. The minimum absolute atomic E-state index is 0.195. The maximum Gasteiger partial charge on any atom is 0.251 e. The first-order valence-corrected chi connectivity index (χ1v) is 9.07. The van der Waals surface area contributed by atoms with E-state index in [0.717, 1.165) is 30.9 Å². The third-order valence-electron chi connectivity index (χ3n) is 5.33. The molecular weight excluding hydrogens is 345 g/mol. The second-order valence-electron chi connectivity index (χ2n) is 7.06.